The van der Waals surface area contributed by atoms with Crippen molar-refractivity contribution in [2.75, 3.05) is 31.6 Å². The molecule has 0 spiro atoms. The predicted octanol–water partition coefficient (Wildman–Crippen LogP) is 1.33. The lowest BCUT2D eigenvalue weighted by Gasteiger charge is -2.17. The molecule has 1 aromatic rings. The van der Waals surface area contributed by atoms with Crippen molar-refractivity contribution in [3.63, 3.8) is 0 Å². The van der Waals surface area contributed by atoms with Crippen LogP contribution in [0, 0.1) is 0 Å². The van der Waals surface area contributed by atoms with E-state index >= 15 is 0 Å². The standard InChI is InChI=1S/C14H26N4O2/c1-3-17(4-2)8-9-18-12-13(11-15-18)16-14(20)7-5-6-10-19/h11-12,19H,3-10H2,1-2H3,(H,16,20). The topological polar surface area (TPSA) is 70.4 Å². The van der Waals surface area contributed by atoms with Gasteiger partial charge in [0.25, 0.3) is 0 Å². The number of amides is 1. The van der Waals surface area contributed by atoms with Crippen molar-refractivity contribution in [3.05, 3.63) is 12.4 Å². The van der Waals surface area contributed by atoms with E-state index in [0.717, 1.165) is 31.9 Å². The lowest BCUT2D eigenvalue weighted by Crippen LogP contribution is -2.27. The monoisotopic (exact) mass is 282 g/mol. The van der Waals surface area contributed by atoms with Crippen LogP contribution in [-0.4, -0.2) is 51.9 Å². The molecule has 0 aliphatic rings. The fraction of sp³-hybridized carbons (Fsp3) is 0.714. The van der Waals surface area contributed by atoms with Crippen molar-refractivity contribution in [1.29, 1.82) is 0 Å². The number of aliphatic hydroxyl groups is 1. The SMILES string of the molecule is CCN(CC)CCn1cc(NC(=O)CCCCO)cn1. The van der Waals surface area contributed by atoms with Crippen LogP contribution in [0.2, 0.25) is 0 Å². The van der Waals surface area contributed by atoms with E-state index in [-0.39, 0.29) is 12.5 Å². The molecule has 0 radical (unpaired) electrons. The number of carbonyl (C=O) groups is 1. The first-order valence-corrected chi connectivity index (χ1v) is 7.35. The maximum Gasteiger partial charge on any atom is 0.224 e. The van der Waals surface area contributed by atoms with E-state index in [4.69, 9.17) is 5.11 Å². The first kappa shape index (κ1) is 16.7. The fourth-order valence-electron chi connectivity index (χ4n) is 1.95. The normalized spacial score (nSPS) is 11.0. The quantitative estimate of drug-likeness (QED) is 0.635. The molecule has 20 heavy (non-hydrogen) atoms. The maximum atomic E-state index is 11.6. The number of nitrogens with one attached hydrogen (secondary N) is 1. The van der Waals surface area contributed by atoms with Crippen LogP contribution in [0.1, 0.15) is 33.1 Å². The minimum absolute atomic E-state index is 0.0262. The first-order valence-electron chi connectivity index (χ1n) is 7.35. The lowest BCUT2D eigenvalue weighted by atomic mass is 10.2. The van der Waals surface area contributed by atoms with Gasteiger partial charge >= 0.3 is 0 Å². The molecule has 0 bridgehead atoms. The molecule has 1 aromatic heterocycles. The second-order valence-electron chi connectivity index (χ2n) is 4.75. The molecule has 1 amide bonds. The van der Waals surface area contributed by atoms with Gasteiger partial charge in [0.05, 0.1) is 18.4 Å². The summed E-state index contributed by atoms with van der Waals surface area (Å²) in [5.74, 6) is -0.0262. The van der Waals surface area contributed by atoms with Crippen LogP contribution in [0.25, 0.3) is 0 Å². The molecule has 0 aliphatic heterocycles. The Labute approximate surface area is 120 Å². The van der Waals surface area contributed by atoms with Gasteiger partial charge in [-0.15, -0.1) is 0 Å². The average molecular weight is 282 g/mol. The molecule has 1 rings (SSSR count). The van der Waals surface area contributed by atoms with E-state index in [0.29, 0.717) is 19.3 Å². The third-order valence-corrected chi connectivity index (χ3v) is 3.27. The van der Waals surface area contributed by atoms with Gasteiger partial charge in [0.15, 0.2) is 0 Å². The first-order chi connectivity index (χ1) is 9.69. The highest BCUT2D eigenvalue weighted by molar-refractivity contribution is 5.90. The Morgan fingerprint density at radius 3 is 2.80 bits per heavy atom. The van der Waals surface area contributed by atoms with E-state index in [2.05, 4.69) is 29.2 Å². The van der Waals surface area contributed by atoms with Gasteiger partial charge in [-0.25, -0.2) is 0 Å². The number of hydrogen-bond donors (Lipinski definition) is 2. The van der Waals surface area contributed by atoms with Crippen LogP contribution in [0.15, 0.2) is 12.4 Å². The van der Waals surface area contributed by atoms with Crippen molar-refractivity contribution in [3.8, 4) is 0 Å². The molecular formula is C14H26N4O2. The lowest BCUT2D eigenvalue weighted by molar-refractivity contribution is -0.116. The molecule has 0 fully saturated rings. The zero-order valence-corrected chi connectivity index (χ0v) is 12.5. The molecule has 2 N–H and O–H groups in total. The maximum absolute atomic E-state index is 11.6. The van der Waals surface area contributed by atoms with Gasteiger partial charge < -0.3 is 15.3 Å². The summed E-state index contributed by atoms with van der Waals surface area (Å²) in [4.78, 5) is 13.9. The smallest absolute Gasteiger partial charge is 0.224 e. The molecule has 0 saturated carbocycles. The van der Waals surface area contributed by atoms with E-state index in [1.165, 1.54) is 0 Å². The second-order valence-corrected chi connectivity index (χ2v) is 4.75. The molecule has 0 aliphatic carbocycles. The summed E-state index contributed by atoms with van der Waals surface area (Å²) in [5.41, 5.74) is 0.735. The molecular weight excluding hydrogens is 256 g/mol. The molecule has 1 heterocycles. The highest BCUT2D eigenvalue weighted by atomic mass is 16.3. The van der Waals surface area contributed by atoms with Gasteiger partial charge in [-0.05, 0) is 25.9 Å². The van der Waals surface area contributed by atoms with Gasteiger partial charge in [0.1, 0.15) is 0 Å². The van der Waals surface area contributed by atoms with Crippen molar-refractivity contribution in [1.82, 2.24) is 14.7 Å². The van der Waals surface area contributed by atoms with E-state index in [9.17, 15) is 4.79 Å². The molecule has 0 atom stereocenters. The Kier molecular flexibility index (Phi) is 7.91. The summed E-state index contributed by atoms with van der Waals surface area (Å²) >= 11 is 0. The molecule has 0 aromatic carbocycles. The Hall–Kier alpha value is -1.40. The van der Waals surface area contributed by atoms with Gasteiger partial charge in [0.2, 0.25) is 5.91 Å². The predicted molar refractivity (Wildman–Crippen MR) is 79.6 cm³/mol. The Morgan fingerprint density at radius 2 is 2.15 bits per heavy atom. The van der Waals surface area contributed by atoms with Crippen LogP contribution < -0.4 is 5.32 Å². The summed E-state index contributed by atoms with van der Waals surface area (Å²) in [5, 5.41) is 15.7. The fourth-order valence-corrected chi connectivity index (χ4v) is 1.95. The van der Waals surface area contributed by atoms with Crippen molar-refractivity contribution >= 4 is 11.6 Å². The van der Waals surface area contributed by atoms with Crippen LogP contribution in [-0.2, 0) is 11.3 Å². The van der Waals surface area contributed by atoms with Crippen LogP contribution >= 0.6 is 0 Å². The number of unbranched alkanes of at least 4 members (excludes halogenated alkanes) is 1. The third-order valence-electron chi connectivity index (χ3n) is 3.27. The van der Waals surface area contributed by atoms with Crippen molar-refractivity contribution < 1.29 is 9.90 Å². The van der Waals surface area contributed by atoms with Crippen LogP contribution in [0.5, 0.6) is 0 Å². The summed E-state index contributed by atoms with van der Waals surface area (Å²) in [6, 6.07) is 0. The van der Waals surface area contributed by atoms with Crippen LogP contribution in [0.4, 0.5) is 5.69 Å². The van der Waals surface area contributed by atoms with E-state index < -0.39 is 0 Å². The van der Waals surface area contributed by atoms with Gasteiger partial charge in [-0.3, -0.25) is 9.48 Å². The Bertz CT molecular complexity index is 388. The summed E-state index contributed by atoms with van der Waals surface area (Å²) in [6.45, 7) is 8.27. The van der Waals surface area contributed by atoms with Gasteiger partial charge in [0, 0.05) is 25.8 Å². The highest BCUT2D eigenvalue weighted by Gasteiger charge is 2.05. The third kappa shape index (κ3) is 6.16. The largest absolute Gasteiger partial charge is 0.396 e. The Morgan fingerprint density at radius 1 is 1.40 bits per heavy atom. The zero-order chi connectivity index (χ0) is 14.8. The summed E-state index contributed by atoms with van der Waals surface area (Å²) in [7, 11) is 0. The summed E-state index contributed by atoms with van der Waals surface area (Å²) in [6.07, 6.45) is 5.33. The van der Waals surface area contributed by atoms with Crippen molar-refractivity contribution in [2.45, 2.75) is 39.7 Å². The average Bonchev–Trinajstić information content (AvgIpc) is 2.88. The molecule has 6 heteroatoms. The minimum atomic E-state index is -0.0262. The molecule has 114 valence electrons. The second kappa shape index (κ2) is 9.50. The summed E-state index contributed by atoms with van der Waals surface area (Å²) < 4.78 is 1.85. The molecule has 0 unspecified atom stereocenters. The molecule has 0 saturated heterocycles. The number of aromatic nitrogens is 2. The number of anilines is 1. The number of nitrogens with zero attached hydrogens (tertiary/aromatic N) is 3. The number of hydrogen-bond acceptors (Lipinski definition) is 4. The number of likely N-dealkylation sites (N-methyl/N-ethyl adjacent to an activating group) is 1. The molecule has 6 nitrogen and oxygen atoms in total. The number of aliphatic hydroxyl groups excluding tert-OH is 1. The number of carbonyl (C=O) groups excluding carboxylic acids is 1. The van der Waals surface area contributed by atoms with Crippen LogP contribution in [0.3, 0.4) is 0 Å². The van der Waals surface area contributed by atoms with Crippen molar-refractivity contribution in [2.24, 2.45) is 0 Å². The highest BCUT2D eigenvalue weighted by Crippen LogP contribution is 2.07. The minimum Gasteiger partial charge on any atom is -0.396 e. The zero-order valence-electron chi connectivity index (χ0n) is 12.5. The van der Waals surface area contributed by atoms with E-state index in [1.807, 2.05) is 10.9 Å². The van der Waals surface area contributed by atoms with E-state index in [1.54, 1.807) is 6.20 Å². The number of rotatable bonds is 10. The van der Waals surface area contributed by atoms with Gasteiger partial charge in [-0.1, -0.05) is 13.8 Å². The van der Waals surface area contributed by atoms with Gasteiger partial charge in [-0.2, -0.15) is 5.10 Å². The Balaban J connectivity index is 2.33.